The second-order valence-corrected chi connectivity index (χ2v) is 5.10. The fourth-order valence-corrected chi connectivity index (χ4v) is 2.42. The zero-order valence-corrected chi connectivity index (χ0v) is 11.6. The monoisotopic (exact) mass is 279 g/mol. The van der Waals surface area contributed by atoms with Crippen molar-refractivity contribution in [2.45, 2.75) is 6.92 Å². The third-order valence-corrected chi connectivity index (χ3v) is 3.37. The highest BCUT2D eigenvalue weighted by Gasteiger charge is 2.12. The summed E-state index contributed by atoms with van der Waals surface area (Å²) in [7, 11) is 3.35. The van der Waals surface area contributed by atoms with Crippen molar-refractivity contribution in [2.24, 2.45) is 7.05 Å². The van der Waals surface area contributed by atoms with Gasteiger partial charge in [-0.1, -0.05) is 0 Å². The van der Waals surface area contributed by atoms with Gasteiger partial charge in [-0.2, -0.15) is 0 Å². The quantitative estimate of drug-likeness (QED) is 0.927. The van der Waals surface area contributed by atoms with Crippen molar-refractivity contribution in [3.63, 3.8) is 0 Å². The van der Waals surface area contributed by atoms with Gasteiger partial charge in [-0.15, -0.1) is 16.4 Å². The summed E-state index contributed by atoms with van der Waals surface area (Å²) in [6.07, 6.45) is 5.37. The van der Waals surface area contributed by atoms with Crippen LogP contribution in [0, 0.1) is 6.92 Å². The Morgan fingerprint density at radius 2 is 2.26 bits per heavy atom. The van der Waals surface area contributed by atoms with Crippen LogP contribution in [0.5, 0.6) is 5.88 Å². The van der Waals surface area contributed by atoms with E-state index in [2.05, 4.69) is 10.1 Å². The smallest absolute Gasteiger partial charge is 0.355 e. The molecule has 0 atom stereocenters. The Hall–Kier alpha value is -2.15. The molecular weight excluding hydrogens is 266 g/mol. The first-order chi connectivity index (χ1) is 9.01. The van der Waals surface area contributed by atoms with Crippen LogP contribution >= 0.6 is 11.3 Å². The Morgan fingerprint density at radius 1 is 1.53 bits per heavy atom. The fourth-order valence-electron chi connectivity index (χ4n) is 1.61. The Kier molecular flexibility index (Phi) is 3.66. The van der Waals surface area contributed by atoms with Crippen molar-refractivity contribution in [1.29, 1.82) is 0 Å². The summed E-state index contributed by atoms with van der Waals surface area (Å²) in [5.74, 6) is -0.488. The van der Waals surface area contributed by atoms with E-state index in [0.29, 0.717) is 15.8 Å². The predicted octanol–water partition coefficient (Wildman–Crippen LogP) is 2.06. The van der Waals surface area contributed by atoms with Crippen LogP contribution in [0.15, 0.2) is 6.20 Å². The minimum absolute atomic E-state index is 0.0998. The summed E-state index contributed by atoms with van der Waals surface area (Å²) in [4.78, 5) is 15.6. The molecule has 0 bridgehead atoms. The van der Waals surface area contributed by atoms with Crippen LogP contribution in [0.1, 0.15) is 25.9 Å². The van der Waals surface area contributed by atoms with E-state index < -0.39 is 5.97 Å². The van der Waals surface area contributed by atoms with Crippen molar-refractivity contribution < 1.29 is 14.6 Å². The van der Waals surface area contributed by atoms with E-state index in [9.17, 15) is 4.79 Å². The summed E-state index contributed by atoms with van der Waals surface area (Å²) in [6.45, 7) is 1.74. The molecule has 0 aromatic carbocycles. The van der Waals surface area contributed by atoms with E-state index in [1.807, 2.05) is 6.20 Å². The van der Waals surface area contributed by atoms with Gasteiger partial charge in [0.15, 0.2) is 5.69 Å². The van der Waals surface area contributed by atoms with Gasteiger partial charge >= 0.3 is 5.97 Å². The SMILES string of the molecule is COc1nn(C)cc1/C=C/c1nc(C(=O)O)c(C)s1. The van der Waals surface area contributed by atoms with Gasteiger partial charge in [0.1, 0.15) is 5.01 Å². The maximum atomic E-state index is 10.9. The van der Waals surface area contributed by atoms with Gasteiger partial charge in [0.25, 0.3) is 0 Å². The molecule has 7 heteroatoms. The minimum Gasteiger partial charge on any atom is -0.480 e. The molecule has 2 aromatic heterocycles. The molecular formula is C12H13N3O3S. The molecule has 0 saturated heterocycles. The number of hydrogen-bond acceptors (Lipinski definition) is 5. The number of nitrogens with zero attached hydrogens (tertiary/aromatic N) is 3. The number of aromatic nitrogens is 3. The molecule has 0 fully saturated rings. The largest absolute Gasteiger partial charge is 0.480 e. The van der Waals surface area contributed by atoms with Crippen LogP contribution < -0.4 is 4.74 Å². The molecule has 0 aliphatic rings. The zero-order chi connectivity index (χ0) is 14.0. The Bertz CT molecular complexity index is 643. The summed E-state index contributed by atoms with van der Waals surface area (Å²) < 4.78 is 6.77. The van der Waals surface area contributed by atoms with Crippen molar-refractivity contribution in [3.8, 4) is 5.88 Å². The van der Waals surface area contributed by atoms with Gasteiger partial charge < -0.3 is 9.84 Å². The Labute approximate surface area is 114 Å². The third kappa shape index (κ3) is 2.82. The Morgan fingerprint density at radius 3 is 2.84 bits per heavy atom. The second kappa shape index (κ2) is 5.23. The fraction of sp³-hybridized carbons (Fsp3) is 0.250. The van der Waals surface area contributed by atoms with Gasteiger partial charge in [0.2, 0.25) is 5.88 Å². The molecule has 0 unspecified atom stereocenters. The summed E-state index contributed by atoms with van der Waals surface area (Å²) in [5.41, 5.74) is 0.914. The van der Waals surface area contributed by atoms with Gasteiger partial charge in [-0.05, 0) is 19.1 Å². The van der Waals surface area contributed by atoms with E-state index in [1.165, 1.54) is 11.3 Å². The zero-order valence-electron chi connectivity index (χ0n) is 10.7. The van der Waals surface area contributed by atoms with E-state index in [1.54, 1.807) is 37.9 Å². The van der Waals surface area contributed by atoms with Crippen LogP contribution in [0.25, 0.3) is 12.2 Å². The van der Waals surface area contributed by atoms with E-state index >= 15 is 0 Å². The highest BCUT2D eigenvalue weighted by molar-refractivity contribution is 7.12. The second-order valence-electron chi connectivity index (χ2n) is 3.86. The lowest BCUT2D eigenvalue weighted by Crippen LogP contribution is -1.98. The van der Waals surface area contributed by atoms with Crippen molar-refractivity contribution in [1.82, 2.24) is 14.8 Å². The summed E-state index contributed by atoms with van der Waals surface area (Å²) in [6, 6.07) is 0. The number of carboxylic acids is 1. The molecule has 2 heterocycles. The van der Waals surface area contributed by atoms with Crippen LogP contribution in [-0.4, -0.2) is 33.0 Å². The van der Waals surface area contributed by atoms with Crippen LogP contribution in [-0.2, 0) is 7.05 Å². The highest BCUT2D eigenvalue weighted by atomic mass is 32.1. The number of thiazole rings is 1. The van der Waals surface area contributed by atoms with Gasteiger partial charge in [0, 0.05) is 18.1 Å². The first kappa shape index (κ1) is 13.3. The van der Waals surface area contributed by atoms with Crippen molar-refractivity contribution in [3.05, 3.63) is 27.3 Å². The average Bonchev–Trinajstić information content (AvgIpc) is 2.89. The number of rotatable bonds is 4. The number of carboxylic acid groups (broad SMARTS) is 1. The molecule has 19 heavy (non-hydrogen) atoms. The highest BCUT2D eigenvalue weighted by Crippen LogP contribution is 2.22. The number of hydrogen-bond donors (Lipinski definition) is 1. The molecule has 0 radical (unpaired) electrons. The van der Waals surface area contributed by atoms with Crippen molar-refractivity contribution in [2.75, 3.05) is 7.11 Å². The topological polar surface area (TPSA) is 77.2 Å². The molecule has 100 valence electrons. The third-order valence-electron chi connectivity index (χ3n) is 2.44. The predicted molar refractivity (Wildman–Crippen MR) is 72.5 cm³/mol. The van der Waals surface area contributed by atoms with Gasteiger partial charge in [-0.3, -0.25) is 4.68 Å². The molecule has 2 aromatic rings. The van der Waals surface area contributed by atoms with Gasteiger partial charge in [0.05, 0.1) is 12.7 Å². The number of ether oxygens (including phenoxy) is 1. The first-order valence-corrected chi connectivity index (χ1v) is 6.29. The maximum absolute atomic E-state index is 10.9. The Balaban J connectivity index is 2.27. The molecule has 0 amide bonds. The average molecular weight is 279 g/mol. The summed E-state index contributed by atoms with van der Waals surface area (Å²) >= 11 is 1.34. The number of methoxy groups -OCH3 is 1. The lowest BCUT2D eigenvalue weighted by molar-refractivity contribution is 0.0690. The molecule has 0 saturated carbocycles. The standard InChI is InChI=1S/C12H13N3O3S/c1-7-10(12(16)17)13-9(19-7)5-4-8-6-15(2)14-11(8)18-3/h4-6H,1-3H3,(H,16,17)/b5-4+. The van der Waals surface area contributed by atoms with Crippen LogP contribution in [0.2, 0.25) is 0 Å². The van der Waals surface area contributed by atoms with Crippen molar-refractivity contribution >= 4 is 29.5 Å². The first-order valence-electron chi connectivity index (χ1n) is 5.47. The molecule has 2 rings (SSSR count). The molecule has 1 N–H and O–H groups in total. The van der Waals surface area contributed by atoms with Crippen LogP contribution in [0.4, 0.5) is 0 Å². The van der Waals surface area contributed by atoms with Crippen LogP contribution in [0.3, 0.4) is 0 Å². The maximum Gasteiger partial charge on any atom is 0.355 e. The molecule has 0 aliphatic heterocycles. The van der Waals surface area contributed by atoms with E-state index in [4.69, 9.17) is 9.84 Å². The number of carbonyl (C=O) groups is 1. The van der Waals surface area contributed by atoms with E-state index in [0.717, 1.165) is 5.56 Å². The summed E-state index contributed by atoms with van der Waals surface area (Å²) in [5, 5.41) is 13.7. The lowest BCUT2D eigenvalue weighted by Gasteiger charge is -1.93. The number of aryl methyl sites for hydroxylation is 2. The number of aromatic carboxylic acids is 1. The lowest BCUT2D eigenvalue weighted by atomic mass is 10.3. The van der Waals surface area contributed by atoms with Gasteiger partial charge in [-0.25, -0.2) is 9.78 Å². The molecule has 6 nitrogen and oxygen atoms in total. The van der Waals surface area contributed by atoms with E-state index in [-0.39, 0.29) is 5.69 Å². The molecule has 0 aliphatic carbocycles. The minimum atomic E-state index is -1.01. The molecule has 0 spiro atoms. The normalized spacial score (nSPS) is 11.1.